The van der Waals surface area contributed by atoms with E-state index in [1.807, 2.05) is 24.3 Å². The first kappa shape index (κ1) is 17.1. The van der Waals surface area contributed by atoms with Crippen LogP contribution in [-0.4, -0.2) is 39.9 Å². The summed E-state index contributed by atoms with van der Waals surface area (Å²) in [6.45, 7) is 0.390. The lowest BCUT2D eigenvalue weighted by molar-refractivity contribution is 0.0171. The number of nitrogens with zero attached hydrogens (tertiary/aromatic N) is 3. The van der Waals surface area contributed by atoms with E-state index in [9.17, 15) is 9.90 Å². The van der Waals surface area contributed by atoms with E-state index in [1.165, 1.54) is 0 Å². The molecule has 0 fully saturated rings. The van der Waals surface area contributed by atoms with E-state index >= 15 is 0 Å². The summed E-state index contributed by atoms with van der Waals surface area (Å²) >= 11 is 0. The number of ether oxygens (including phenoxy) is 2. The van der Waals surface area contributed by atoms with E-state index in [4.69, 9.17) is 9.47 Å². The van der Waals surface area contributed by atoms with Crippen molar-refractivity contribution in [1.29, 1.82) is 0 Å². The molecule has 0 radical (unpaired) electrons. The topological polar surface area (TPSA) is 86.5 Å². The Morgan fingerprint density at radius 2 is 1.92 bits per heavy atom. The monoisotopic (exact) mass is 341 g/mol. The van der Waals surface area contributed by atoms with Gasteiger partial charge in [-0.1, -0.05) is 35.5 Å². The molecule has 1 atom stereocenters. The van der Waals surface area contributed by atoms with Crippen LogP contribution in [0, 0.1) is 0 Å². The lowest BCUT2D eigenvalue weighted by atomic mass is 10.2. The largest absolute Gasteiger partial charge is 0.496 e. The zero-order chi connectivity index (χ0) is 17.6. The molecule has 7 nitrogen and oxygen atoms in total. The Bertz CT molecular complexity index is 910. The van der Waals surface area contributed by atoms with Gasteiger partial charge >= 0.3 is 0 Å². The average molecular weight is 341 g/mol. The van der Waals surface area contributed by atoms with E-state index in [2.05, 4.69) is 10.3 Å². The molecular weight excluding hydrogens is 322 g/mol. The van der Waals surface area contributed by atoms with Crippen LogP contribution >= 0.6 is 0 Å². The predicted molar refractivity (Wildman–Crippen MR) is 92.5 cm³/mol. The number of aliphatic hydroxyl groups excluding tert-OH is 1. The van der Waals surface area contributed by atoms with Gasteiger partial charge in [0.1, 0.15) is 11.3 Å². The highest BCUT2D eigenvalue weighted by Gasteiger charge is 2.11. The zero-order valence-corrected chi connectivity index (χ0v) is 13.8. The Hall–Kier alpha value is -2.77. The van der Waals surface area contributed by atoms with Crippen LogP contribution in [0.3, 0.4) is 0 Å². The van der Waals surface area contributed by atoms with Crippen LogP contribution in [0.4, 0.5) is 0 Å². The van der Waals surface area contributed by atoms with Gasteiger partial charge in [0.2, 0.25) is 0 Å². The summed E-state index contributed by atoms with van der Waals surface area (Å²) in [5.74, 6) is 0.730. The second kappa shape index (κ2) is 7.87. The van der Waals surface area contributed by atoms with Gasteiger partial charge in [-0.2, -0.15) is 0 Å². The summed E-state index contributed by atoms with van der Waals surface area (Å²) in [5, 5.41) is 18.4. The summed E-state index contributed by atoms with van der Waals surface area (Å²) in [7, 11) is 1.60. The molecule has 0 unspecified atom stereocenters. The summed E-state index contributed by atoms with van der Waals surface area (Å²) in [4.78, 5) is 12.3. The standard InChI is InChI=1S/C18H19N3O4/c1-24-17-9-5-2-6-13(17)11-25-12-14(22)10-21-18(23)15-7-3-4-8-16(15)19-20-21/h2-9,14,22H,10-12H2,1H3/t14-/m0/s1. The van der Waals surface area contributed by atoms with Crippen molar-refractivity contribution in [3.8, 4) is 5.75 Å². The SMILES string of the molecule is COc1ccccc1COC[C@@H](O)Cn1nnc2ccccc2c1=O. The van der Waals surface area contributed by atoms with Crippen molar-refractivity contribution in [2.75, 3.05) is 13.7 Å². The molecule has 0 bridgehead atoms. The van der Waals surface area contributed by atoms with Gasteiger partial charge < -0.3 is 14.6 Å². The van der Waals surface area contributed by atoms with Crippen molar-refractivity contribution in [1.82, 2.24) is 15.0 Å². The van der Waals surface area contributed by atoms with Crippen molar-refractivity contribution in [3.05, 3.63) is 64.4 Å². The molecule has 0 amide bonds. The summed E-state index contributed by atoms with van der Waals surface area (Å²) in [6, 6.07) is 14.5. The fourth-order valence-electron chi connectivity index (χ4n) is 2.52. The molecule has 0 aliphatic heterocycles. The quantitative estimate of drug-likeness (QED) is 0.699. The molecule has 0 saturated carbocycles. The lowest BCUT2D eigenvalue weighted by Crippen LogP contribution is -2.31. The Labute approximate surface area is 144 Å². The smallest absolute Gasteiger partial charge is 0.277 e. The van der Waals surface area contributed by atoms with Crippen LogP contribution in [0.5, 0.6) is 5.75 Å². The van der Waals surface area contributed by atoms with Gasteiger partial charge in [-0.3, -0.25) is 4.79 Å². The second-order valence-corrected chi connectivity index (χ2v) is 5.57. The molecule has 1 heterocycles. The fraction of sp³-hybridized carbons (Fsp3) is 0.278. The highest BCUT2D eigenvalue weighted by molar-refractivity contribution is 5.76. The minimum Gasteiger partial charge on any atom is -0.496 e. The minimum absolute atomic E-state index is 0.0165. The van der Waals surface area contributed by atoms with Crippen molar-refractivity contribution >= 4 is 10.9 Å². The van der Waals surface area contributed by atoms with Gasteiger partial charge in [0.05, 0.1) is 38.4 Å². The molecule has 3 rings (SSSR count). The molecule has 2 aromatic carbocycles. The molecule has 0 aliphatic rings. The fourth-order valence-corrected chi connectivity index (χ4v) is 2.52. The maximum Gasteiger partial charge on any atom is 0.277 e. The zero-order valence-electron chi connectivity index (χ0n) is 13.8. The average Bonchev–Trinajstić information content (AvgIpc) is 2.64. The van der Waals surface area contributed by atoms with Crippen LogP contribution in [0.2, 0.25) is 0 Å². The van der Waals surface area contributed by atoms with Crippen LogP contribution < -0.4 is 10.3 Å². The molecule has 0 saturated heterocycles. The van der Waals surface area contributed by atoms with Crippen molar-refractivity contribution < 1.29 is 14.6 Å². The van der Waals surface area contributed by atoms with Gasteiger partial charge in [0.25, 0.3) is 5.56 Å². The molecule has 0 spiro atoms. The highest BCUT2D eigenvalue weighted by Crippen LogP contribution is 2.18. The number of fused-ring (bicyclic) bond motifs is 1. The number of methoxy groups -OCH3 is 1. The Balaban J connectivity index is 1.60. The third kappa shape index (κ3) is 4.01. The van der Waals surface area contributed by atoms with Crippen molar-refractivity contribution in [2.24, 2.45) is 0 Å². The van der Waals surface area contributed by atoms with Gasteiger partial charge in [-0.25, -0.2) is 4.68 Å². The van der Waals surface area contributed by atoms with Crippen molar-refractivity contribution in [3.63, 3.8) is 0 Å². The molecular formula is C18H19N3O4. The first-order valence-electron chi connectivity index (χ1n) is 7.89. The molecule has 25 heavy (non-hydrogen) atoms. The van der Waals surface area contributed by atoms with E-state index in [0.717, 1.165) is 16.0 Å². The second-order valence-electron chi connectivity index (χ2n) is 5.57. The Morgan fingerprint density at radius 1 is 1.16 bits per heavy atom. The first-order chi connectivity index (χ1) is 12.2. The molecule has 3 aromatic rings. The maximum absolute atomic E-state index is 12.3. The number of hydrogen-bond donors (Lipinski definition) is 1. The highest BCUT2D eigenvalue weighted by atomic mass is 16.5. The van der Waals surface area contributed by atoms with E-state index in [0.29, 0.717) is 17.5 Å². The lowest BCUT2D eigenvalue weighted by Gasteiger charge is -2.13. The number of aromatic nitrogens is 3. The molecule has 1 aromatic heterocycles. The van der Waals surface area contributed by atoms with Crippen LogP contribution in [0.25, 0.3) is 10.9 Å². The summed E-state index contributed by atoms with van der Waals surface area (Å²) in [5.41, 5.74) is 1.14. The van der Waals surface area contributed by atoms with Gasteiger partial charge in [0, 0.05) is 5.56 Å². The van der Waals surface area contributed by atoms with Gasteiger partial charge in [-0.15, -0.1) is 5.10 Å². The summed E-state index contributed by atoms with van der Waals surface area (Å²) in [6.07, 6.45) is -0.872. The van der Waals surface area contributed by atoms with Gasteiger partial charge in [0.15, 0.2) is 0 Å². The third-order valence-electron chi connectivity index (χ3n) is 3.77. The van der Waals surface area contributed by atoms with Gasteiger partial charge in [-0.05, 0) is 18.2 Å². The molecule has 1 N–H and O–H groups in total. The third-order valence-corrected chi connectivity index (χ3v) is 3.77. The number of benzene rings is 2. The summed E-state index contributed by atoms with van der Waals surface area (Å²) < 4.78 is 11.9. The maximum atomic E-state index is 12.3. The molecule has 0 aliphatic carbocycles. The Morgan fingerprint density at radius 3 is 2.76 bits per heavy atom. The normalized spacial score (nSPS) is 12.2. The number of rotatable bonds is 7. The van der Waals surface area contributed by atoms with E-state index in [1.54, 1.807) is 31.4 Å². The number of hydrogen-bond acceptors (Lipinski definition) is 6. The van der Waals surface area contributed by atoms with Crippen LogP contribution in [0.15, 0.2) is 53.3 Å². The van der Waals surface area contributed by atoms with Crippen LogP contribution in [0.1, 0.15) is 5.56 Å². The molecule has 130 valence electrons. The number of aliphatic hydroxyl groups is 1. The van der Waals surface area contributed by atoms with Crippen molar-refractivity contribution in [2.45, 2.75) is 19.3 Å². The van der Waals surface area contributed by atoms with Crippen LogP contribution in [-0.2, 0) is 17.9 Å². The molecule has 7 heteroatoms. The van der Waals surface area contributed by atoms with E-state index in [-0.39, 0.29) is 18.7 Å². The first-order valence-corrected chi connectivity index (χ1v) is 7.89. The number of para-hydroxylation sites is 1. The Kier molecular flexibility index (Phi) is 5.37. The predicted octanol–water partition coefficient (Wildman–Crippen LogP) is 1.38. The van der Waals surface area contributed by atoms with E-state index < -0.39 is 6.10 Å². The minimum atomic E-state index is -0.872.